The fourth-order valence-electron chi connectivity index (χ4n) is 2.88. The van der Waals surface area contributed by atoms with Crippen molar-refractivity contribution in [2.75, 3.05) is 27.7 Å². The van der Waals surface area contributed by atoms with Gasteiger partial charge in [-0.15, -0.1) is 0 Å². The van der Waals surface area contributed by atoms with Gasteiger partial charge >= 0.3 is 0 Å². The summed E-state index contributed by atoms with van der Waals surface area (Å²) < 4.78 is 9.07. The van der Waals surface area contributed by atoms with E-state index < -0.39 is 0 Å². The van der Waals surface area contributed by atoms with Crippen molar-refractivity contribution in [2.24, 2.45) is 0 Å². The average Bonchev–Trinajstić information content (AvgIpc) is 2.84. The lowest BCUT2D eigenvalue weighted by Gasteiger charge is -2.23. The number of benzene rings is 1. The van der Waals surface area contributed by atoms with Gasteiger partial charge in [0, 0.05) is 12.6 Å². The van der Waals surface area contributed by atoms with Crippen molar-refractivity contribution < 1.29 is 9.22 Å². The predicted molar refractivity (Wildman–Crippen MR) is 97.3 cm³/mol. The molecule has 1 aromatic carbocycles. The smallest absolute Gasteiger partial charge is 0.180 e. The van der Waals surface area contributed by atoms with Crippen molar-refractivity contribution >= 4 is 5.65 Å². The third kappa shape index (κ3) is 3.77. The molecule has 0 radical (unpaired) electrons. The second-order valence-electron chi connectivity index (χ2n) is 7.24. The van der Waals surface area contributed by atoms with E-state index in [2.05, 4.69) is 62.9 Å². The van der Waals surface area contributed by atoms with Crippen LogP contribution >= 0.6 is 0 Å². The summed E-state index contributed by atoms with van der Waals surface area (Å²) in [5.41, 5.74) is 4.51. The van der Waals surface area contributed by atoms with Crippen LogP contribution in [0.25, 0.3) is 5.65 Å². The Labute approximate surface area is 143 Å². The lowest BCUT2D eigenvalue weighted by Crippen LogP contribution is -2.34. The van der Waals surface area contributed by atoms with Crippen LogP contribution in [0.15, 0.2) is 48.7 Å². The zero-order valence-corrected chi connectivity index (χ0v) is 15.0. The van der Waals surface area contributed by atoms with Gasteiger partial charge in [-0.25, -0.2) is 4.98 Å². The molecule has 0 aliphatic heterocycles. The third-order valence-electron chi connectivity index (χ3n) is 4.03. The summed E-state index contributed by atoms with van der Waals surface area (Å²) in [4.78, 5) is 4.75. The largest absolute Gasteiger partial charge is 0.489 e. The molecule has 2 aromatic heterocycles. The van der Waals surface area contributed by atoms with Gasteiger partial charge in [-0.1, -0.05) is 30.3 Å². The summed E-state index contributed by atoms with van der Waals surface area (Å²) >= 11 is 0. The van der Waals surface area contributed by atoms with E-state index in [1.165, 1.54) is 11.3 Å². The number of hydrogen-bond acceptors (Lipinski definition) is 2. The van der Waals surface area contributed by atoms with Gasteiger partial charge in [0.2, 0.25) is 0 Å². The average molecular weight is 324 g/mol. The van der Waals surface area contributed by atoms with E-state index in [0.29, 0.717) is 6.61 Å². The SMILES string of the molecule is Cc1nc2c(OCCc3ccccc3)cccn2c1C[N+](C)(C)C. The van der Waals surface area contributed by atoms with Gasteiger partial charge in [0.15, 0.2) is 11.4 Å². The van der Waals surface area contributed by atoms with Gasteiger partial charge in [-0.3, -0.25) is 4.40 Å². The van der Waals surface area contributed by atoms with Gasteiger partial charge in [0.05, 0.1) is 33.4 Å². The lowest BCUT2D eigenvalue weighted by atomic mass is 10.2. The number of ether oxygens (including phenoxy) is 1. The first kappa shape index (κ1) is 16.5. The maximum Gasteiger partial charge on any atom is 0.180 e. The monoisotopic (exact) mass is 324 g/mol. The predicted octanol–water partition coefficient (Wildman–Crippen LogP) is 3.47. The molecule has 0 atom stereocenters. The quantitative estimate of drug-likeness (QED) is 0.649. The van der Waals surface area contributed by atoms with Crippen LogP contribution in [0, 0.1) is 6.92 Å². The number of imidazole rings is 1. The number of aromatic nitrogens is 2. The number of quaternary nitrogens is 1. The van der Waals surface area contributed by atoms with E-state index in [-0.39, 0.29) is 0 Å². The Balaban J connectivity index is 1.80. The molecule has 4 nitrogen and oxygen atoms in total. The van der Waals surface area contributed by atoms with Crippen molar-refractivity contribution in [2.45, 2.75) is 19.9 Å². The summed E-state index contributed by atoms with van der Waals surface area (Å²) in [6, 6.07) is 14.4. The normalized spacial score (nSPS) is 11.8. The number of aryl methyl sites for hydroxylation is 1. The Kier molecular flexibility index (Phi) is 4.58. The highest BCUT2D eigenvalue weighted by atomic mass is 16.5. The van der Waals surface area contributed by atoms with Crippen LogP contribution in [-0.2, 0) is 13.0 Å². The Bertz CT molecular complexity index is 816. The van der Waals surface area contributed by atoms with Crippen LogP contribution in [0.3, 0.4) is 0 Å². The highest BCUT2D eigenvalue weighted by Gasteiger charge is 2.18. The van der Waals surface area contributed by atoms with E-state index in [1.807, 2.05) is 18.2 Å². The topological polar surface area (TPSA) is 26.5 Å². The summed E-state index contributed by atoms with van der Waals surface area (Å²) in [5, 5.41) is 0. The van der Waals surface area contributed by atoms with E-state index >= 15 is 0 Å². The molecule has 2 heterocycles. The molecule has 0 spiro atoms. The second-order valence-corrected chi connectivity index (χ2v) is 7.24. The van der Waals surface area contributed by atoms with Crippen LogP contribution in [0.5, 0.6) is 5.75 Å². The molecular formula is C20H26N3O+. The summed E-state index contributed by atoms with van der Waals surface area (Å²) in [6.07, 6.45) is 2.97. The molecule has 4 heteroatoms. The Hall–Kier alpha value is -2.33. The first-order chi connectivity index (χ1) is 11.4. The summed E-state index contributed by atoms with van der Waals surface area (Å²) in [6.45, 7) is 3.66. The molecule has 0 amide bonds. The van der Waals surface area contributed by atoms with Gasteiger partial charge < -0.3 is 9.22 Å². The van der Waals surface area contributed by atoms with Crippen molar-refractivity contribution in [3.05, 3.63) is 65.6 Å². The van der Waals surface area contributed by atoms with Gasteiger partial charge in [0.25, 0.3) is 0 Å². The summed E-state index contributed by atoms with van der Waals surface area (Å²) in [7, 11) is 6.58. The van der Waals surface area contributed by atoms with E-state index in [0.717, 1.165) is 34.5 Å². The molecule has 3 rings (SSSR count). The molecule has 0 fully saturated rings. The zero-order valence-electron chi connectivity index (χ0n) is 15.0. The van der Waals surface area contributed by atoms with Crippen LogP contribution in [0.1, 0.15) is 17.0 Å². The second kappa shape index (κ2) is 6.65. The van der Waals surface area contributed by atoms with Crippen LogP contribution < -0.4 is 4.74 Å². The summed E-state index contributed by atoms with van der Waals surface area (Å²) in [5.74, 6) is 0.851. The molecule has 0 aliphatic carbocycles. The third-order valence-corrected chi connectivity index (χ3v) is 4.03. The van der Waals surface area contributed by atoms with Crippen molar-refractivity contribution in [1.82, 2.24) is 9.38 Å². The van der Waals surface area contributed by atoms with E-state index in [4.69, 9.17) is 9.72 Å². The minimum atomic E-state index is 0.653. The van der Waals surface area contributed by atoms with Crippen molar-refractivity contribution in [3.63, 3.8) is 0 Å². The van der Waals surface area contributed by atoms with Gasteiger partial charge in [-0.2, -0.15) is 0 Å². The van der Waals surface area contributed by atoms with E-state index in [1.54, 1.807) is 0 Å². The molecular weight excluding hydrogens is 298 g/mol. The van der Waals surface area contributed by atoms with Crippen LogP contribution in [0.4, 0.5) is 0 Å². The molecule has 0 aliphatic rings. The minimum Gasteiger partial charge on any atom is -0.489 e. The maximum absolute atomic E-state index is 6.03. The highest BCUT2D eigenvalue weighted by Crippen LogP contribution is 2.23. The number of pyridine rings is 1. The van der Waals surface area contributed by atoms with E-state index in [9.17, 15) is 0 Å². The molecule has 0 saturated heterocycles. The molecule has 3 aromatic rings. The zero-order chi connectivity index (χ0) is 17.2. The van der Waals surface area contributed by atoms with Crippen molar-refractivity contribution in [3.8, 4) is 5.75 Å². The molecule has 0 bridgehead atoms. The Morgan fingerprint density at radius 2 is 1.79 bits per heavy atom. The highest BCUT2D eigenvalue weighted by molar-refractivity contribution is 5.56. The van der Waals surface area contributed by atoms with Gasteiger partial charge in [0.1, 0.15) is 12.2 Å². The first-order valence-electron chi connectivity index (χ1n) is 8.38. The number of nitrogens with zero attached hydrogens (tertiary/aromatic N) is 3. The standard InChI is InChI=1S/C20H26N3O/c1-16-18(15-23(2,3)4)22-13-8-11-19(20(22)21-16)24-14-12-17-9-6-5-7-10-17/h5-11,13H,12,14-15H2,1-4H3/q+1. The molecule has 0 N–H and O–H groups in total. The molecule has 0 saturated carbocycles. The van der Waals surface area contributed by atoms with Crippen molar-refractivity contribution in [1.29, 1.82) is 0 Å². The fraction of sp³-hybridized carbons (Fsp3) is 0.350. The molecule has 24 heavy (non-hydrogen) atoms. The lowest BCUT2D eigenvalue weighted by molar-refractivity contribution is -0.884. The first-order valence-corrected chi connectivity index (χ1v) is 8.38. The van der Waals surface area contributed by atoms with Crippen LogP contribution in [0.2, 0.25) is 0 Å². The number of rotatable bonds is 6. The number of fused-ring (bicyclic) bond motifs is 1. The minimum absolute atomic E-state index is 0.653. The Morgan fingerprint density at radius 1 is 1.04 bits per heavy atom. The maximum atomic E-state index is 6.03. The number of hydrogen-bond donors (Lipinski definition) is 0. The molecule has 126 valence electrons. The fourth-order valence-corrected chi connectivity index (χ4v) is 2.88. The van der Waals surface area contributed by atoms with Gasteiger partial charge in [-0.05, 0) is 24.6 Å². The van der Waals surface area contributed by atoms with Crippen LogP contribution in [-0.4, -0.2) is 41.6 Å². The molecule has 0 unspecified atom stereocenters. The Morgan fingerprint density at radius 3 is 2.50 bits per heavy atom.